The van der Waals surface area contributed by atoms with Crippen LogP contribution in [0.1, 0.15) is 34.4 Å². The minimum absolute atomic E-state index is 0.0294. The highest BCUT2D eigenvalue weighted by molar-refractivity contribution is 7.99. The van der Waals surface area contributed by atoms with Gasteiger partial charge in [-0.05, 0) is 62.3 Å². The van der Waals surface area contributed by atoms with Gasteiger partial charge in [0.15, 0.2) is 5.16 Å². The van der Waals surface area contributed by atoms with Crippen molar-refractivity contribution in [3.63, 3.8) is 0 Å². The first-order valence-corrected chi connectivity index (χ1v) is 13.5. The second kappa shape index (κ2) is 10.2. The molecule has 1 aliphatic carbocycles. The maximum atomic E-state index is 13.7. The zero-order valence-corrected chi connectivity index (χ0v) is 20.8. The van der Waals surface area contributed by atoms with Gasteiger partial charge in [0.25, 0.3) is 5.56 Å². The van der Waals surface area contributed by atoms with E-state index in [4.69, 9.17) is 4.98 Å². The number of fused-ring (bicyclic) bond motifs is 3. The molecule has 2 aromatic heterocycles. The number of amides is 1. The molecule has 0 saturated carbocycles. The maximum absolute atomic E-state index is 13.7. The van der Waals surface area contributed by atoms with Gasteiger partial charge in [-0.2, -0.15) is 0 Å². The van der Waals surface area contributed by atoms with Crippen LogP contribution in [0.3, 0.4) is 0 Å². The van der Waals surface area contributed by atoms with Crippen molar-refractivity contribution < 1.29 is 4.79 Å². The molecule has 0 aliphatic heterocycles. The van der Waals surface area contributed by atoms with Crippen molar-refractivity contribution in [1.82, 2.24) is 9.55 Å². The van der Waals surface area contributed by atoms with Gasteiger partial charge in [0, 0.05) is 17.1 Å². The van der Waals surface area contributed by atoms with Gasteiger partial charge in [-0.25, -0.2) is 4.98 Å². The topological polar surface area (TPSA) is 64.0 Å². The molecule has 0 saturated heterocycles. The first-order valence-electron chi connectivity index (χ1n) is 11.7. The fraction of sp³-hybridized carbons (Fsp3) is 0.296. The molecule has 5 nitrogen and oxygen atoms in total. The zero-order valence-electron chi connectivity index (χ0n) is 19.2. The Morgan fingerprint density at radius 2 is 1.85 bits per heavy atom. The SMILES string of the molecule is Cc1ccc(NC(=O)CSc2nc3sc4c(c3c(=O)n2CCc2ccccc2)CCCC4)cc1. The molecule has 7 heteroatoms. The van der Waals surface area contributed by atoms with Gasteiger partial charge in [0.05, 0.1) is 11.1 Å². The minimum atomic E-state index is -0.108. The van der Waals surface area contributed by atoms with Crippen LogP contribution in [0.15, 0.2) is 64.5 Å². The molecule has 1 aliphatic rings. The lowest BCUT2D eigenvalue weighted by Gasteiger charge is -2.14. The molecule has 1 amide bonds. The van der Waals surface area contributed by atoms with Crippen LogP contribution < -0.4 is 10.9 Å². The monoisotopic (exact) mass is 489 g/mol. The van der Waals surface area contributed by atoms with Crippen molar-refractivity contribution in [2.45, 2.75) is 50.7 Å². The number of nitrogens with one attached hydrogen (secondary N) is 1. The Morgan fingerprint density at radius 1 is 1.09 bits per heavy atom. The Balaban J connectivity index is 1.43. The van der Waals surface area contributed by atoms with E-state index in [1.807, 2.05) is 49.4 Å². The molecule has 0 spiro atoms. The molecule has 0 bridgehead atoms. The van der Waals surface area contributed by atoms with Gasteiger partial charge in [0.2, 0.25) is 5.91 Å². The van der Waals surface area contributed by atoms with E-state index in [0.29, 0.717) is 11.7 Å². The molecule has 1 N–H and O–H groups in total. The molecule has 0 radical (unpaired) electrons. The van der Waals surface area contributed by atoms with Crippen LogP contribution in [0.25, 0.3) is 10.2 Å². The van der Waals surface area contributed by atoms with E-state index in [9.17, 15) is 9.59 Å². The lowest BCUT2D eigenvalue weighted by atomic mass is 9.97. The fourth-order valence-corrected chi connectivity index (χ4v) is 6.50. The van der Waals surface area contributed by atoms with Crippen LogP contribution in [0.2, 0.25) is 0 Å². The Bertz CT molecular complexity index is 1380. The number of benzene rings is 2. The van der Waals surface area contributed by atoms with Gasteiger partial charge in [-0.15, -0.1) is 11.3 Å². The van der Waals surface area contributed by atoms with E-state index in [1.54, 1.807) is 15.9 Å². The normalized spacial score (nSPS) is 13.1. The summed E-state index contributed by atoms with van der Waals surface area (Å²) < 4.78 is 1.78. The number of hydrogen-bond acceptors (Lipinski definition) is 5. The number of rotatable bonds is 7. The Morgan fingerprint density at radius 3 is 2.65 bits per heavy atom. The Labute approximate surface area is 207 Å². The van der Waals surface area contributed by atoms with E-state index in [0.717, 1.165) is 47.2 Å². The molecule has 0 fully saturated rings. The number of carbonyl (C=O) groups excluding carboxylic acids is 1. The second-order valence-electron chi connectivity index (χ2n) is 8.68. The van der Waals surface area contributed by atoms with Crippen molar-refractivity contribution in [2.24, 2.45) is 0 Å². The van der Waals surface area contributed by atoms with Crippen LogP contribution in [0.4, 0.5) is 5.69 Å². The quantitative estimate of drug-likeness (QED) is 0.270. The van der Waals surface area contributed by atoms with Crippen molar-refractivity contribution in [3.8, 4) is 0 Å². The van der Waals surface area contributed by atoms with E-state index in [1.165, 1.54) is 34.2 Å². The third-order valence-corrected chi connectivity index (χ3v) is 8.34. The van der Waals surface area contributed by atoms with E-state index < -0.39 is 0 Å². The number of carbonyl (C=O) groups is 1. The van der Waals surface area contributed by atoms with Crippen molar-refractivity contribution in [3.05, 3.63) is 86.5 Å². The van der Waals surface area contributed by atoms with Crippen molar-refractivity contribution >= 4 is 44.9 Å². The van der Waals surface area contributed by atoms with Crippen LogP contribution in [-0.4, -0.2) is 21.2 Å². The van der Waals surface area contributed by atoms with E-state index >= 15 is 0 Å². The Hall–Kier alpha value is -2.90. The van der Waals surface area contributed by atoms with Crippen molar-refractivity contribution in [1.29, 1.82) is 0 Å². The molecular weight excluding hydrogens is 462 g/mol. The first kappa shape index (κ1) is 22.9. The summed E-state index contributed by atoms with van der Waals surface area (Å²) in [5.41, 5.74) is 4.32. The summed E-state index contributed by atoms with van der Waals surface area (Å²) in [6, 6.07) is 17.9. The number of hydrogen-bond donors (Lipinski definition) is 1. The summed E-state index contributed by atoms with van der Waals surface area (Å²) in [5, 5.41) is 4.35. The summed E-state index contributed by atoms with van der Waals surface area (Å²) in [6.45, 7) is 2.55. The molecule has 2 heterocycles. The maximum Gasteiger partial charge on any atom is 0.263 e. The molecule has 4 aromatic rings. The summed E-state index contributed by atoms with van der Waals surface area (Å²) in [6.07, 6.45) is 5.02. The van der Waals surface area contributed by atoms with Crippen LogP contribution in [0, 0.1) is 6.92 Å². The largest absolute Gasteiger partial charge is 0.325 e. The number of thiophene rings is 1. The summed E-state index contributed by atoms with van der Waals surface area (Å²) in [4.78, 5) is 33.3. The standard InChI is InChI=1S/C27H27N3O2S2/c1-18-11-13-20(14-12-18)28-23(31)17-33-27-29-25-24(21-9-5-6-10-22(21)34-25)26(32)30(27)16-15-19-7-3-2-4-8-19/h2-4,7-8,11-14H,5-6,9-10,15-17H2,1H3,(H,28,31). The smallest absolute Gasteiger partial charge is 0.263 e. The molecule has 2 aromatic carbocycles. The summed E-state index contributed by atoms with van der Waals surface area (Å²) in [5.74, 6) is 0.0886. The lowest BCUT2D eigenvalue weighted by molar-refractivity contribution is -0.113. The predicted octanol–water partition coefficient (Wildman–Crippen LogP) is 5.62. The van der Waals surface area contributed by atoms with E-state index in [2.05, 4.69) is 17.4 Å². The first-order chi connectivity index (χ1) is 16.6. The van der Waals surface area contributed by atoms with Crippen LogP contribution in [0.5, 0.6) is 0 Å². The third kappa shape index (κ3) is 4.95. The van der Waals surface area contributed by atoms with Gasteiger partial charge in [-0.3, -0.25) is 14.2 Å². The number of nitrogens with zero attached hydrogens (tertiary/aromatic N) is 2. The van der Waals surface area contributed by atoms with Gasteiger partial charge in [0.1, 0.15) is 4.83 Å². The zero-order chi connectivity index (χ0) is 23.5. The van der Waals surface area contributed by atoms with Crippen molar-refractivity contribution in [2.75, 3.05) is 11.1 Å². The van der Waals surface area contributed by atoms with E-state index in [-0.39, 0.29) is 17.2 Å². The molecule has 0 unspecified atom stereocenters. The summed E-state index contributed by atoms with van der Waals surface area (Å²) in [7, 11) is 0. The molecule has 0 atom stereocenters. The molecule has 174 valence electrons. The number of aromatic nitrogens is 2. The van der Waals surface area contributed by atoms with Gasteiger partial charge < -0.3 is 5.32 Å². The van der Waals surface area contributed by atoms with Gasteiger partial charge in [-0.1, -0.05) is 59.8 Å². The number of aryl methyl sites for hydroxylation is 4. The highest BCUT2D eigenvalue weighted by Gasteiger charge is 2.22. The van der Waals surface area contributed by atoms with Crippen LogP contribution >= 0.6 is 23.1 Å². The average Bonchev–Trinajstić information content (AvgIpc) is 3.23. The number of anilines is 1. The molecule has 5 rings (SSSR count). The van der Waals surface area contributed by atoms with Gasteiger partial charge >= 0.3 is 0 Å². The fourth-order valence-electron chi connectivity index (χ4n) is 4.38. The lowest BCUT2D eigenvalue weighted by Crippen LogP contribution is -2.25. The molecule has 34 heavy (non-hydrogen) atoms. The van der Waals surface area contributed by atoms with Crippen LogP contribution in [-0.2, 0) is 30.6 Å². The molecular formula is C27H27N3O2S2. The average molecular weight is 490 g/mol. The predicted molar refractivity (Wildman–Crippen MR) is 141 cm³/mol. The number of thioether (sulfide) groups is 1. The third-order valence-electron chi connectivity index (χ3n) is 6.17. The summed E-state index contributed by atoms with van der Waals surface area (Å²) >= 11 is 2.99. The second-order valence-corrected chi connectivity index (χ2v) is 10.7. The highest BCUT2D eigenvalue weighted by atomic mass is 32.2. The highest BCUT2D eigenvalue weighted by Crippen LogP contribution is 2.34. The minimum Gasteiger partial charge on any atom is -0.325 e. The Kier molecular flexibility index (Phi) is 6.83.